The van der Waals surface area contributed by atoms with E-state index in [1.165, 1.54) is 6.07 Å². The molecule has 0 saturated heterocycles. The summed E-state index contributed by atoms with van der Waals surface area (Å²) < 4.78 is 25.3. The lowest BCUT2D eigenvalue weighted by molar-refractivity contribution is 0.0721. The van der Waals surface area contributed by atoms with Gasteiger partial charge in [-0.05, 0) is 36.2 Å². The fraction of sp³-hybridized carbons (Fsp3) is 0.250. The van der Waals surface area contributed by atoms with E-state index < -0.39 is 0 Å². The summed E-state index contributed by atoms with van der Waals surface area (Å²) in [5, 5.41) is 0.371. The molecule has 21 heavy (non-hydrogen) atoms. The second kappa shape index (κ2) is 5.92. The first-order chi connectivity index (χ1) is 10.1. The average Bonchev–Trinajstić information content (AvgIpc) is 2.49. The summed E-state index contributed by atoms with van der Waals surface area (Å²) >= 11 is 5.74. The predicted molar refractivity (Wildman–Crippen MR) is 79.4 cm³/mol. The summed E-state index contributed by atoms with van der Waals surface area (Å²) in [6.45, 7) is 0.355. The molecule has 2 unspecified atom stereocenters. The van der Waals surface area contributed by atoms with Crippen LogP contribution in [0.15, 0.2) is 42.5 Å². The SMILES string of the molecule is NC(Cc1ccc(Cl)cc1F)C1COc2ccccc2O1. The Morgan fingerprint density at radius 3 is 2.76 bits per heavy atom. The lowest BCUT2D eigenvalue weighted by atomic mass is 10.0. The Kier molecular flexibility index (Phi) is 3.99. The highest BCUT2D eigenvalue weighted by molar-refractivity contribution is 6.30. The van der Waals surface area contributed by atoms with E-state index in [0.29, 0.717) is 35.1 Å². The molecule has 1 heterocycles. The molecule has 0 bridgehead atoms. The molecular weight excluding hydrogens is 293 g/mol. The van der Waals surface area contributed by atoms with Crippen LogP contribution in [0, 0.1) is 5.82 Å². The molecule has 3 rings (SSSR count). The van der Waals surface area contributed by atoms with Crippen LogP contribution in [-0.2, 0) is 6.42 Å². The zero-order chi connectivity index (χ0) is 14.8. The number of hydrogen-bond donors (Lipinski definition) is 1. The topological polar surface area (TPSA) is 44.5 Å². The number of nitrogens with two attached hydrogens (primary N) is 1. The first-order valence-electron chi connectivity index (χ1n) is 6.71. The highest BCUT2D eigenvalue weighted by atomic mass is 35.5. The molecule has 5 heteroatoms. The van der Waals surface area contributed by atoms with Gasteiger partial charge in [-0.25, -0.2) is 4.39 Å². The third-order valence-electron chi connectivity index (χ3n) is 3.48. The number of rotatable bonds is 3. The van der Waals surface area contributed by atoms with E-state index in [4.69, 9.17) is 26.8 Å². The molecule has 0 aromatic heterocycles. The summed E-state index contributed by atoms with van der Waals surface area (Å²) in [6.07, 6.45) is 0.0501. The van der Waals surface area contributed by atoms with Crippen LogP contribution in [0.4, 0.5) is 4.39 Å². The van der Waals surface area contributed by atoms with E-state index >= 15 is 0 Å². The number of para-hydroxylation sites is 2. The number of halogens is 2. The molecule has 0 radical (unpaired) electrons. The molecule has 2 atom stereocenters. The molecule has 0 saturated carbocycles. The van der Waals surface area contributed by atoms with Crippen molar-refractivity contribution in [3.05, 3.63) is 58.9 Å². The molecule has 2 N–H and O–H groups in total. The predicted octanol–water partition coefficient (Wildman–Crippen LogP) is 3.19. The molecule has 3 nitrogen and oxygen atoms in total. The molecule has 2 aromatic carbocycles. The van der Waals surface area contributed by atoms with Crippen LogP contribution in [0.5, 0.6) is 11.5 Å². The van der Waals surface area contributed by atoms with Crippen molar-refractivity contribution in [1.29, 1.82) is 0 Å². The Hall–Kier alpha value is -1.78. The Bertz CT molecular complexity index is 650. The average molecular weight is 308 g/mol. The van der Waals surface area contributed by atoms with Gasteiger partial charge in [0.25, 0.3) is 0 Å². The van der Waals surface area contributed by atoms with Gasteiger partial charge in [0.1, 0.15) is 18.5 Å². The maximum Gasteiger partial charge on any atom is 0.161 e. The van der Waals surface area contributed by atoms with E-state index in [1.54, 1.807) is 12.1 Å². The van der Waals surface area contributed by atoms with E-state index in [-0.39, 0.29) is 18.0 Å². The normalized spacial score (nSPS) is 18.3. The van der Waals surface area contributed by atoms with Crippen molar-refractivity contribution in [2.45, 2.75) is 18.6 Å². The molecule has 0 aliphatic carbocycles. The van der Waals surface area contributed by atoms with Crippen molar-refractivity contribution in [2.75, 3.05) is 6.61 Å². The van der Waals surface area contributed by atoms with Crippen molar-refractivity contribution in [3.8, 4) is 11.5 Å². The highest BCUT2D eigenvalue weighted by Gasteiger charge is 2.27. The van der Waals surface area contributed by atoms with Crippen LogP contribution in [0.2, 0.25) is 5.02 Å². The lowest BCUT2D eigenvalue weighted by Gasteiger charge is -2.30. The first-order valence-corrected chi connectivity index (χ1v) is 7.09. The van der Waals surface area contributed by atoms with Gasteiger partial charge in [0, 0.05) is 11.1 Å². The maximum atomic E-state index is 13.8. The van der Waals surface area contributed by atoms with E-state index in [9.17, 15) is 4.39 Å². The van der Waals surface area contributed by atoms with E-state index in [0.717, 1.165) is 0 Å². The van der Waals surface area contributed by atoms with Crippen molar-refractivity contribution >= 4 is 11.6 Å². The lowest BCUT2D eigenvalue weighted by Crippen LogP contribution is -2.46. The quantitative estimate of drug-likeness (QED) is 0.947. The summed E-state index contributed by atoms with van der Waals surface area (Å²) in [5.41, 5.74) is 6.66. The summed E-state index contributed by atoms with van der Waals surface area (Å²) in [5.74, 6) is 1.02. The van der Waals surface area contributed by atoms with Crippen molar-refractivity contribution < 1.29 is 13.9 Å². The zero-order valence-electron chi connectivity index (χ0n) is 11.3. The minimum absolute atomic E-state index is 0.310. The van der Waals surface area contributed by atoms with Crippen LogP contribution in [0.25, 0.3) is 0 Å². The Morgan fingerprint density at radius 1 is 1.24 bits per heavy atom. The highest BCUT2D eigenvalue weighted by Crippen LogP contribution is 2.31. The standard InChI is InChI=1S/C16H15ClFNO2/c17-11-6-5-10(12(18)8-11)7-13(19)16-9-20-14-3-1-2-4-15(14)21-16/h1-6,8,13,16H,7,9,19H2. The van der Waals surface area contributed by atoms with Crippen LogP contribution in [-0.4, -0.2) is 18.8 Å². The second-order valence-electron chi connectivity index (χ2n) is 5.02. The zero-order valence-corrected chi connectivity index (χ0v) is 12.0. The van der Waals surface area contributed by atoms with Crippen LogP contribution in [0.3, 0.4) is 0 Å². The Labute approximate surface area is 127 Å². The second-order valence-corrected chi connectivity index (χ2v) is 5.45. The summed E-state index contributed by atoms with van der Waals surface area (Å²) in [4.78, 5) is 0. The molecule has 110 valence electrons. The van der Waals surface area contributed by atoms with Crippen LogP contribution < -0.4 is 15.2 Å². The summed E-state index contributed by atoms with van der Waals surface area (Å²) in [6, 6.07) is 11.6. The van der Waals surface area contributed by atoms with Crippen molar-refractivity contribution in [3.63, 3.8) is 0 Å². The fourth-order valence-electron chi connectivity index (χ4n) is 2.32. The molecule has 2 aromatic rings. The number of hydrogen-bond acceptors (Lipinski definition) is 3. The maximum absolute atomic E-state index is 13.8. The van der Waals surface area contributed by atoms with Gasteiger partial charge in [0.05, 0.1) is 0 Å². The third kappa shape index (κ3) is 3.12. The molecular formula is C16H15ClFNO2. The van der Waals surface area contributed by atoms with Gasteiger partial charge in [-0.15, -0.1) is 0 Å². The van der Waals surface area contributed by atoms with E-state index in [1.807, 2.05) is 24.3 Å². The summed E-state index contributed by atoms with van der Waals surface area (Å²) in [7, 11) is 0. The van der Waals surface area contributed by atoms with Gasteiger partial charge in [-0.3, -0.25) is 0 Å². The Balaban J connectivity index is 1.70. The van der Waals surface area contributed by atoms with Crippen molar-refractivity contribution in [1.82, 2.24) is 0 Å². The minimum Gasteiger partial charge on any atom is -0.486 e. The molecule has 1 aliphatic rings. The van der Waals surface area contributed by atoms with Gasteiger partial charge in [0.2, 0.25) is 0 Å². The van der Waals surface area contributed by atoms with Gasteiger partial charge >= 0.3 is 0 Å². The van der Waals surface area contributed by atoms with Gasteiger partial charge < -0.3 is 15.2 Å². The van der Waals surface area contributed by atoms with Gasteiger partial charge in [-0.2, -0.15) is 0 Å². The minimum atomic E-state index is -0.367. The smallest absolute Gasteiger partial charge is 0.161 e. The van der Waals surface area contributed by atoms with Gasteiger partial charge in [-0.1, -0.05) is 29.8 Å². The first kappa shape index (κ1) is 14.2. The molecule has 0 amide bonds. The molecule has 0 spiro atoms. The number of fused-ring (bicyclic) bond motifs is 1. The fourth-order valence-corrected chi connectivity index (χ4v) is 2.48. The number of ether oxygens (including phenoxy) is 2. The third-order valence-corrected chi connectivity index (χ3v) is 3.71. The Morgan fingerprint density at radius 2 is 2.00 bits per heavy atom. The number of benzene rings is 2. The van der Waals surface area contributed by atoms with Crippen LogP contribution in [0.1, 0.15) is 5.56 Å². The largest absolute Gasteiger partial charge is 0.486 e. The molecule has 0 fully saturated rings. The monoisotopic (exact) mass is 307 g/mol. The van der Waals surface area contributed by atoms with E-state index in [2.05, 4.69) is 0 Å². The van der Waals surface area contributed by atoms with Gasteiger partial charge in [0.15, 0.2) is 11.5 Å². The van der Waals surface area contributed by atoms with Crippen LogP contribution >= 0.6 is 11.6 Å². The molecule has 1 aliphatic heterocycles. The van der Waals surface area contributed by atoms with Crippen molar-refractivity contribution in [2.24, 2.45) is 5.73 Å².